The highest BCUT2D eigenvalue weighted by Gasteiger charge is 2.26. The first-order chi connectivity index (χ1) is 13.6. The number of aromatic nitrogens is 6. The highest BCUT2D eigenvalue weighted by molar-refractivity contribution is 5.87. The molecule has 1 aliphatic rings. The molecule has 8 heteroatoms. The van der Waals surface area contributed by atoms with Gasteiger partial charge in [-0.25, -0.2) is 14.1 Å². The van der Waals surface area contributed by atoms with Crippen molar-refractivity contribution in [2.45, 2.75) is 39.6 Å². The van der Waals surface area contributed by atoms with Gasteiger partial charge in [-0.15, -0.1) is 0 Å². The third-order valence-electron chi connectivity index (χ3n) is 5.03. The van der Waals surface area contributed by atoms with Crippen LogP contribution >= 0.6 is 0 Å². The molecule has 4 aromatic heterocycles. The lowest BCUT2D eigenvalue weighted by Crippen LogP contribution is -2.25. The van der Waals surface area contributed by atoms with Crippen LogP contribution in [0.25, 0.3) is 33.5 Å². The van der Waals surface area contributed by atoms with E-state index in [1.165, 1.54) is 12.3 Å². The van der Waals surface area contributed by atoms with Gasteiger partial charge in [0.25, 0.3) is 0 Å². The lowest BCUT2D eigenvalue weighted by Gasteiger charge is -2.21. The normalized spacial score (nSPS) is 16.5. The summed E-state index contributed by atoms with van der Waals surface area (Å²) < 4.78 is 23.1. The first kappa shape index (κ1) is 17.0. The summed E-state index contributed by atoms with van der Waals surface area (Å²) in [5.74, 6) is -0.374. The molecule has 7 nitrogen and oxygen atoms in total. The summed E-state index contributed by atoms with van der Waals surface area (Å²) in [6, 6.07) is 5.11. The predicted molar refractivity (Wildman–Crippen MR) is 102 cm³/mol. The van der Waals surface area contributed by atoms with Crippen molar-refractivity contribution in [2.75, 3.05) is 0 Å². The standard InChI is InChI=1S/C20H19FN6O/c1-3-26-20-14(8-24-26)6-13(7-23-20)18-17-11-28-12(2)10-27(17)25-19(18)16-5-4-15(21)9-22-16/h4-9,12H,3,10-11H2,1-2H3/t12-/m0/s1. The van der Waals surface area contributed by atoms with E-state index in [2.05, 4.69) is 21.1 Å². The van der Waals surface area contributed by atoms with Crippen LogP contribution in [0, 0.1) is 5.82 Å². The zero-order valence-corrected chi connectivity index (χ0v) is 15.6. The van der Waals surface area contributed by atoms with Crippen molar-refractivity contribution in [1.29, 1.82) is 0 Å². The number of hydrogen-bond acceptors (Lipinski definition) is 5. The molecule has 1 aliphatic heterocycles. The molecule has 0 saturated heterocycles. The van der Waals surface area contributed by atoms with Crippen LogP contribution in [0.3, 0.4) is 0 Å². The maximum atomic E-state index is 13.4. The minimum Gasteiger partial charge on any atom is -0.370 e. The number of hydrogen-bond donors (Lipinski definition) is 0. The van der Waals surface area contributed by atoms with Crippen molar-refractivity contribution in [3.8, 4) is 22.5 Å². The van der Waals surface area contributed by atoms with Gasteiger partial charge in [-0.05, 0) is 32.0 Å². The fourth-order valence-electron chi connectivity index (χ4n) is 3.65. The molecule has 0 spiro atoms. The van der Waals surface area contributed by atoms with Gasteiger partial charge >= 0.3 is 0 Å². The number of halogens is 1. The van der Waals surface area contributed by atoms with Crippen LogP contribution in [0.4, 0.5) is 4.39 Å². The van der Waals surface area contributed by atoms with Crippen molar-refractivity contribution in [2.24, 2.45) is 0 Å². The maximum Gasteiger partial charge on any atom is 0.157 e. The third-order valence-corrected chi connectivity index (χ3v) is 5.03. The van der Waals surface area contributed by atoms with Gasteiger partial charge in [-0.1, -0.05) is 0 Å². The molecule has 5 heterocycles. The van der Waals surface area contributed by atoms with Gasteiger partial charge in [0.2, 0.25) is 0 Å². The van der Waals surface area contributed by atoms with E-state index in [4.69, 9.17) is 9.84 Å². The fourth-order valence-corrected chi connectivity index (χ4v) is 3.65. The fraction of sp³-hybridized carbons (Fsp3) is 0.300. The van der Waals surface area contributed by atoms with E-state index in [1.807, 2.05) is 35.6 Å². The van der Waals surface area contributed by atoms with E-state index < -0.39 is 0 Å². The Labute approximate surface area is 160 Å². The van der Waals surface area contributed by atoms with Crippen molar-refractivity contribution in [1.82, 2.24) is 29.5 Å². The third kappa shape index (κ3) is 2.68. The van der Waals surface area contributed by atoms with Crippen LogP contribution in [-0.2, 0) is 24.4 Å². The van der Waals surface area contributed by atoms with Gasteiger partial charge in [-0.3, -0.25) is 9.67 Å². The molecule has 0 N–H and O–H groups in total. The van der Waals surface area contributed by atoms with Crippen molar-refractivity contribution >= 4 is 11.0 Å². The summed E-state index contributed by atoms with van der Waals surface area (Å²) in [7, 11) is 0. The molecule has 0 aromatic carbocycles. The molecule has 0 unspecified atom stereocenters. The van der Waals surface area contributed by atoms with E-state index >= 15 is 0 Å². The monoisotopic (exact) mass is 378 g/mol. The largest absolute Gasteiger partial charge is 0.370 e. The quantitative estimate of drug-likeness (QED) is 0.546. The Kier molecular flexibility index (Phi) is 3.94. The lowest BCUT2D eigenvalue weighted by molar-refractivity contribution is 0.0128. The number of fused-ring (bicyclic) bond motifs is 2. The van der Waals surface area contributed by atoms with Gasteiger partial charge in [-0.2, -0.15) is 10.2 Å². The highest BCUT2D eigenvalue weighted by atomic mass is 19.1. The molecule has 0 fully saturated rings. The summed E-state index contributed by atoms with van der Waals surface area (Å²) >= 11 is 0. The second kappa shape index (κ2) is 6.49. The molecule has 0 radical (unpaired) electrons. The van der Waals surface area contributed by atoms with E-state index in [0.29, 0.717) is 24.5 Å². The molecule has 0 amide bonds. The summed E-state index contributed by atoms with van der Waals surface area (Å²) in [4.78, 5) is 8.87. The Morgan fingerprint density at radius 3 is 2.89 bits per heavy atom. The summed E-state index contributed by atoms with van der Waals surface area (Å²) in [5, 5.41) is 10.1. The van der Waals surface area contributed by atoms with Gasteiger partial charge in [0.05, 0.1) is 43.0 Å². The number of aryl methyl sites for hydroxylation is 1. The first-order valence-corrected chi connectivity index (χ1v) is 9.29. The zero-order chi connectivity index (χ0) is 19.3. The van der Waals surface area contributed by atoms with Crippen LogP contribution in [0.2, 0.25) is 0 Å². The van der Waals surface area contributed by atoms with E-state index in [1.54, 1.807) is 6.07 Å². The van der Waals surface area contributed by atoms with Gasteiger partial charge in [0.1, 0.15) is 11.5 Å². The van der Waals surface area contributed by atoms with Crippen LogP contribution < -0.4 is 0 Å². The molecule has 4 aromatic rings. The molecular weight excluding hydrogens is 359 g/mol. The summed E-state index contributed by atoms with van der Waals surface area (Å²) in [6.45, 7) is 5.93. The average Bonchev–Trinajstić information content (AvgIpc) is 3.28. The lowest BCUT2D eigenvalue weighted by atomic mass is 10.0. The molecule has 28 heavy (non-hydrogen) atoms. The summed E-state index contributed by atoms with van der Waals surface area (Å²) in [6.07, 6.45) is 4.94. The Balaban J connectivity index is 1.72. The van der Waals surface area contributed by atoms with Crippen LogP contribution in [0.5, 0.6) is 0 Å². The average molecular weight is 378 g/mol. The Hall–Kier alpha value is -3.13. The van der Waals surface area contributed by atoms with Gasteiger partial charge in [0.15, 0.2) is 5.65 Å². The SMILES string of the molecule is CCn1ncc2cc(-c3c(-c4ccc(F)cn4)nn4c3CO[C@@H](C)C4)cnc21. The minimum atomic E-state index is -0.374. The first-order valence-electron chi connectivity index (χ1n) is 9.29. The minimum absolute atomic E-state index is 0.0812. The zero-order valence-electron chi connectivity index (χ0n) is 15.6. The number of nitrogens with zero attached hydrogens (tertiary/aromatic N) is 6. The number of ether oxygens (including phenoxy) is 1. The molecular formula is C20H19FN6O. The Bertz CT molecular complexity index is 1160. The molecule has 142 valence electrons. The van der Waals surface area contributed by atoms with E-state index in [0.717, 1.165) is 34.4 Å². The van der Waals surface area contributed by atoms with Gasteiger partial charge < -0.3 is 4.74 Å². The van der Waals surface area contributed by atoms with E-state index in [-0.39, 0.29) is 11.9 Å². The van der Waals surface area contributed by atoms with Crippen LogP contribution in [0.1, 0.15) is 19.5 Å². The van der Waals surface area contributed by atoms with Crippen molar-refractivity contribution in [3.63, 3.8) is 0 Å². The predicted octanol–water partition coefficient (Wildman–Crippen LogP) is 3.43. The molecule has 1 atom stereocenters. The second-order valence-corrected chi connectivity index (χ2v) is 6.93. The van der Waals surface area contributed by atoms with Gasteiger partial charge in [0, 0.05) is 29.3 Å². The Morgan fingerprint density at radius 2 is 2.11 bits per heavy atom. The van der Waals surface area contributed by atoms with E-state index in [9.17, 15) is 4.39 Å². The molecule has 0 bridgehead atoms. The van der Waals surface area contributed by atoms with Crippen LogP contribution in [0.15, 0.2) is 36.8 Å². The molecule has 0 saturated carbocycles. The maximum absolute atomic E-state index is 13.4. The molecule has 0 aliphatic carbocycles. The van der Waals surface area contributed by atoms with Crippen molar-refractivity contribution < 1.29 is 9.13 Å². The van der Waals surface area contributed by atoms with Crippen LogP contribution in [-0.4, -0.2) is 35.6 Å². The number of pyridine rings is 2. The second-order valence-electron chi connectivity index (χ2n) is 6.93. The highest BCUT2D eigenvalue weighted by Crippen LogP contribution is 2.36. The Morgan fingerprint density at radius 1 is 1.21 bits per heavy atom. The smallest absolute Gasteiger partial charge is 0.157 e. The van der Waals surface area contributed by atoms with Crippen molar-refractivity contribution in [3.05, 3.63) is 48.3 Å². The number of rotatable bonds is 3. The topological polar surface area (TPSA) is 70.7 Å². The summed E-state index contributed by atoms with van der Waals surface area (Å²) in [5.41, 5.74) is 4.99. The molecule has 5 rings (SSSR count).